The molecule has 1 fully saturated rings. The van der Waals surface area contributed by atoms with E-state index in [2.05, 4.69) is 10.1 Å². The van der Waals surface area contributed by atoms with E-state index >= 15 is 0 Å². The van der Waals surface area contributed by atoms with E-state index in [-0.39, 0.29) is 5.60 Å². The predicted octanol–water partition coefficient (Wildman–Crippen LogP) is 0.903. The van der Waals surface area contributed by atoms with E-state index in [4.69, 9.17) is 5.73 Å². The van der Waals surface area contributed by atoms with Gasteiger partial charge in [-0.3, -0.25) is 4.79 Å². The molecule has 0 amide bonds. The molecule has 0 bridgehead atoms. The Kier molecular flexibility index (Phi) is 7.34. The second-order valence-corrected chi connectivity index (χ2v) is 4.76. The molecule has 0 aromatic heterocycles. The molecule has 0 radical (unpaired) electrons. The van der Waals surface area contributed by atoms with Crippen LogP contribution in [0.15, 0.2) is 0 Å². The van der Waals surface area contributed by atoms with Gasteiger partial charge in [0.2, 0.25) is 0 Å². The second-order valence-electron chi connectivity index (χ2n) is 4.76. The lowest BCUT2D eigenvalue weighted by molar-refractivity contribution is -0.138. The third-order valence-corrected chi connectivity index (χ3v) is 2.19. The lowest BCUT2D eigenvalue weighted by atomic mass is 9.99. The molecule has 0 unspecified atom stereocenters. The zero-order valence-corrected chi connectivity index (χ0v) is 10.1. The summed E-state index contributed by atoms with van der Waals surface area (Å²) in [6.45, 7) is 9.13. The highest BCUT2D eigenvalue weighted by molar-refractivity contribution is 5.37. The molecule has 4 nitrogen and oxygen atoms in total. The summed E-state index contributed by atoms with van der Waals surface area (Å²) in [4.78, 5) is 9.60. The Morgan fingerprint density at radius 3 is 2.13 bits per heavy atom. The van der Waals surface area contributed by atoms with Gasteiger partial charge in [0.15, 0.2) is 0 Å². The minimum absolute atomic E-state index is 0.318. The fraction of sp³-hybridized carbons (Fsp3) is 0.909. The van der Waals surface area contributed by atoms with Crippen LogP contribution in [-0.4, -0.2) is 31.7 Å². The molecule has 0 aromatic rings. The highest BCUT2D eigenvalue weighted by atomic mass is 16.5. The average molecular weight is 216 g/mol. The maximum atomic E-state index is 9.60. The van der Waals surface area contributed by atoms with Crippen LogP contribution in [0.2, 0.25) is 0 Å². The number of nitrogens with two attached hydrogens (primary N) is 1. The van der Waals surface area contributed by atoms with Gasteiger partial charge in [0.1, 0.15) is 5.60 Å². The van der Waals surface area contributed by atoms with E-state index in [1.54, 1.807) is 0 Å². The molecular weight excluding hydrogens is 192 g/mol. The van der Waals surface area contributed by atoms with Crippen molar-refractivity contribution in [3.8, 4) is 0 Å². The van der Waals surface area contributed by atoms with Crippen LogP contribution in [0.1, 0.15) is 33.6 Å². The van der Waals surface area contributed by atoms with Crippen molar-refractivity contribution < 1.29 is 9.53 Å². The minimum Gasteiger partial charge on any atom is -0.462 e. The molecule has 0 aliphatic carbocycles. The summed E-state index contributed by atoms with van der Waals surface area (Å²) >= 11 is 0. The van der Waals surface area contributed by atoms with Gasteiger partial charge >= 0.3 is 0 Å². The Hall–Kier alpha value is -0.610. The third-order valence-electron chi connectivity index (χ3n) is 2.19. The Balaban J connectivity index is 0.000000265. The van der Waals surface area contributed by atoms with Gasteiger partial charge in [-0.2, -0.15) is 0 Å². The molecule has 0 saturated carbocycles. The number of piperidine rings is 1. The molecular formula is C11H24N2O2. The summed E-state index contributed by atoms with van der Waals surface area (Å²) in [7, 11) is 0. The van der Waals surface area contributed by atoms with Crippen molar-refractivity contribution in [3.63, 3.8) is 0 Å². The Morgan fingerprint density at radius 1 is 1.40 bits per heavy atom. The lowest BCUT2D eigenvalue weighted by Gasteiger charge is -2.20. The van der Waals surface area contributed by atoms with Crippen LogP contribution in [0.5, 0.6) is 0 Å². The fourth-order valence-corrected chi connectivity index (χ4v) is 1.26. The molecule has 1 heterocycles. The summed E-state index contributed by atoms with van der Waals surface area (Å²) < 4.78 is 4.55. The minimum atomic E-state index is -0.318. The Morgan fingerprint density at radius 2 is 1.93 bits per heavy atom. The van der Waals surface area contributed by atoms with Gasteiger partial charge in [0.05, 0.1) is 0 Å². The lowest BCUT2D eigenvalue weighted by Crippen LogP contribution is -2.31. The normalized spacial score (nSPS) is 17.6. The smallest absolute Gasteiger partial charge is 0.293 e. The van der Waals surface area contributed by atoms with Crippen molar-refractivity contribution in [2.24, 2.45) is 11.7 Å². The maximum Gasteiger partial charge on any atom is 0.293 e. The highest BCUT2D eigenvalue weighted by Crippen LogP contribution is 2.08. The molecule has 0 spiro atoms. The Labute approximate surface area is 92.6 Å². The number of ether oxygens (including phenoxy) is 1. The summed E-state index contributed by atoms with van der Waals surface area (Å²) in [6.07, 6.45) is 2.55. The average Bonchev–Trinajstić information content (AvgIpc) is 2.18. The van der Waals surface area contributed by atoms with Gasteiger partial charge in [-0.05, 0) is 59.2 Å². The van der Waals surface area contributed by atoms with Crippen LogP contribution in [0.4, 0.5) is 0 Å². The van der Waals surface area contributed by atoms with Crippen LogP contribution < -0.4 is 11.1 Å². The predicted molar refractivity (Wildman–Crippen MR) is 61.6 cm³/mol. The van der Waals surface area contributed by atoms with E-state index in [0.29, 0.717) is 6.47 Å². The van der Waals surface area contributed by atoms with Gasteiger partial charge in [-0.15, -0.1) is 0 Å². The molecule has 0 aromatic carbocycles. The quantitative estimate of drug-likeness (QED) is 0.673. The van der Waals surface area contributed by atoms with Crippen molar-refractivity contribution in [1.82, 2.24) is 5.32 Å². The number of nitrogens with one attached hydrogen (secondary N) is 1. The van der Waals surface area contributed by atoms with Crippen LogP contribution in [0.3, 0.4) is 0 Å². The van der Waals surface area contributed by atoms with E-state index in [1.807, 2.05) is 20.8 Å². The first-order chi connectivity index (χ1) is 6.99. The van der Waals surface area contributed by atoms with Crippen molar-refractivity contribution in [3.05, 3.63) is 0 Å². The zero-order valence-electron chi connectivity index (χ0n) is 10.1. The standard InChI is InChI=1S/C6H14N2.C5H10O2/c7-5-6-1-3-8-4-2-6;1-5(2,3)7-4-6/h6,8H,1-5,7H2;4H,1-3H3. The van der Waals surface area contributed by atoms with Crippen LogP contribution in [-0.2, 0) is 9.53 Å². The first-order valence-electron chi connectivity index (χ1n) is 5.52. The largest absolute Gasteiger partial charge is 0.462 e. The zero-order chi connectivity index (χ0) is 11.7. The van der Waals surface area contributed by atoms with E-state index in [0.717, 1.165) is 12.5 Å². The molecule has 0 atom stereocenters. The second kappa shape index (κ2) is 7.65. The number of rotatable bonds is 2. The van der Waals surface area contributed by atoms with Gasteiger partial charge in [0.25, 0.3) is 6.47 Å². The van der Waals surface area contributed by atoms with Crippen LogP contribution in [0.25, 0.3) is 0 Å². The Bertz CT molecular complexity index is 160. The first kappa shape index (κ1) is 14.4. The van der Waals surface area contributed by atoms with Crippen molar-refractivity contribution in [1.29, 1.82) is 0 Å². The van der Waals surface area contributed by atoms with Crippen LogP contribution >= 0.6 is 0 Å². The van der Waals surface area contributed by atoms with Gasteiger partial charge in [-0.1, -0.05) is 0 Å². The third kappa shape index (κ3) is 9.69. The van der Waals surface area contributed by atoms with E-state index in [1.165, 1.54) is 25.9 Å². The molecule has 1 rings (SSSR count). The molecule has 15 heavy (non-hydrogen) atoms. The number of hydrogen-bond acceptors (Lipinski definition) is 4. The summed E-state index contributed by atoms with van der Waals surface area (Å²) in [5.74, 6) is 0.802. The van der Waals surface area contributed by atoms with Gasteiger partial charge in [0, 0.05) is 0 Å². The highest BCUT2D eigenvalue weighted by Gasteiger charge is 2.09. The molecule has 1 saturated heterocycles. The molecule has 1 aliphatic heterocycles. The summed E-state index contributed by atoms with van der Waals surface area (Å²) in [5.41, 5.74) is 5.16. The maximum absolute atomic E-state index is 9.60. The summed E-state index contributed by atoms with van der Waals surface area (Å²) in [6, 6.07) is 0. The summed E-state index contributed by atoms with van der Waals surface area (Å²) in [5, 5.41) is 3.29. The molecule has 4 heteroatoms. The number of carbonyl (C=O) groups is 1. The van der Waals surface area contributed by atoms with E-state index < -0.39 is 0 Å². The SMILES string of the molecule is CC(C)(C)OC=O.NCC1CCNCC1. The van der Waals surface area contributed by atoms with Crippen molar-refractivity contribution in [2.45, 2.75) is 39.2 Å². The number of hydrogen-bond donors (Lipinski definition) is 2. The monoisotopic (exact) mass is 216 g/mol. The molecule has 1 aliphatic rings. The van der Waals surface area contributed by atoms with E-state index in [9.17, 15) is 4.79 Å². The van der Waals surface area contributed by atoms with Crippen molar-refractivity contribution in [2.75, 3.05) is 19.6 Å². The molecule has 3 N–H and O–H groups in total. The fourth-order valence-electron chi connectivity index (χ4n) is 1.26. The first-order valence-corrected chi connectivity index (χ1v) is 5.52. The van der Waals surface area contributed by atoms with Gasteiger partial charge < -0.3 is 15.8 Å². The van der Waals surface area contributed by atoms with Crippen molar-refractivity contribution >= 4 is 6.47 Å². The number of carbonyl (C=O) groups excluding carboxylic acids is 1. The molecule has 90 valence electrons. The van der Waals surface area contributed by atoms with Crippen LogP contribution in [0, 0.1) is 5.92 Å². The topological polar surface area (TPSA) is 64.3 Å². The van der Waals surface area contributed by atoms with Gasteiger partial charge in [-0.25, -0.2) is 0 Å².